The molecule has 0 bridgehead atoms. The van der Waals surface area contributed by atoms with Crippen molar-refractivity contribution in [3.63, 3.8) is 0 Å². The van der Waals surface area contributed by atoms with Crippen molar-refractivity contribution >= 4 is 27.6 Å². The van der Waals surface area contributed by atoms with E-state index < -0.39 is 0 Å². The number of rotatable bonds is 1. The summed E-state index contributed by atoms with van der Waals surface area (Å²) < 4.78 is 11.7. The topological polar surface area (TPSA) is 60.0 Å². The normalized spacial score (nSPS) is 17.8. The molecule has 0 saturated carbocycles. The average Bonchev–Trinajstić information content (AvgIpc) is 2.49. The Balaban J connectivity index is 1.74. The van der Waals surface area contributed by atoms with Gasteiger partial charge in [0.25, 0.3) is 0 Å². The number of hydrogen-bond acceptors (Lipinski definition) is 4. The molecule has 0 aromatic heterocycles. The van der Waals surface area contributed by atoms with Gasteiger partial charge in [-0.1, -0.05) is 0 Å². The molecule has 20 heavy (non-hydrogen) atoms. The quantitative estimate of drug-likeness (QED) is 0.852. The van der Waals surface area contributed by atoms with Crippen LogP contribution in [0, 0.1) is 0 Å². The lowest BCUT2D eigenvalue weighted by atomic mass is 10.2. The summed E-state index contributed by atoms with van der Waals surface area (Å²) in [5.74, 6) is 1.31. The molecular weight excluding hydrogens is 328 g/mol. The fourth-order valence-corrected chi connectivity index (χ4v) is 2.52. The van der Waals surface area contributed by atoms with Crippen LogP contribution in [-0.2, 0) is 4.84 Å². The van der Waals surface area contributed by atoms with Gasteiger partial charge in [0.2, 0.25) is 0 Å². The molecule has 0 unspecified atom stereocenters. The summed E-state index contributed by atoms with van der Waals surface area (Å²) in [7, 11) is 0. The minimum atomic E-state index is -0.276. The molecule has 2 amide bonds. The van der Waals surface area contributed by atoms with E-state index >= 15 is 0 Å². The monoisotopic (exact) mass is 342 g/mol. The van der Waals surface area contributed by atoms with E-state index in [0.29, 0.717) is 43.6 Å². The summed E-state index contributed by atoms with van der Waals surface area (Å²) >= 11 is 3.42. The number of nitrogens with one attached hydrogen (secondary N) is 1. The van der Waals surface area contributed by atoms with Crippen LogP contribution < -0.4 is 14.8 Å². The molecule has 2 aliphatic heterocycles. The van der Waals surface area contributed by atoms with Gasteiger partial charge in [0, 0.05) is 16.6 Å². The van der Waals surface area contributed by atoms with Crippen molar-refractivity contribution in [3.8, 4) is 11.5 Å². The van der Waals surface area contributed by atoms with Crippen molar-refractivity contribution in [3.05, 3.63) is 16.6 Å². The third-order valence-corrected chi connectivity index (χ3v) is 3.76. The molecule has 0 aliphatic carbocycles. The number of urea groups is 1. The molecule has 1 fully saturated rings. The number of carbonyl (C=O) groups is 1. The van der Waals surface area contributed by atoms with Gasteiger partial charge in [0.05, 0.1) is 18.8 Å². The van der Waals surface area contributed by atoms with E-state index in [2.05, 4.69) is 21.2 Å². The molecule has 2 heterocycles. The molecule has 1 aromatic carbocycles. The van der Waals surface area contributed by atoms with Gasteiger partial charge in [-0.05, 0) is 28.8 Å². The van der Waals surface area contributed by atoms with Crippen LogP contribution in [0.25, 0.3) is 0 Å². The Morgan fingerprint density at radius 2 is 1.90 bits per heavy atom. The molecule has 6 nitrogen and oxygen atoms in total. The van der Waals surface area contributed by atoms with Crippen molar-refractivity contribution in [2.24, 2.45) is 0 Å². The van der Waals surface area contributed by atoms with Crippen LogP contribution in [0.15, 0.2) is 16.6 Å². The maximum atomic E-state index is 12.1. The third kappa shape index (κ3) is 2.83. The minimum Gasteiger partial charge on any atom is -0.486 e. The number of anilines is 1. The zero-order valence-corrected chi connectivity index (χ0v) is 12.4. The standard InChI is InChI=1S/C13H15BrN2O4/c14-9-7-11-12(19-6-5-18-11)8-10(9)15-13(17)16-3-1-2-4-20-16/h7-8H,1-6H2,(H,15,17). The summed E-state index contributed by atoms with van der Waals surface area (Å²) in [5, 5.41) is 4.16. The molecule has 1 N–H and O–H groups in total. The smallest absolute Gasteiger partial charge is 0.345 e. The lowest BCUT2D eigenvalue weighted by molar-refractivity contribution is -0.135. The average molecular weight is 343 g/mol. The SMILES string of the molecule is O=C(Nc1cc2c(cc1Br)OCCO2)N1CCCCO1. The minimum absolute atomic E-state index is 0.276. The third-order valence-electron chi connectivity index (χ3n) is 3.10. The maximum absolute atomic E-state index is 12.1. The van der Waals surface area contributed by atoms with Gasteiger partial charge in [0.1, 0.15) is 13.2 Å². The van der Waals surface area contributed by atoms with Gasteiger partial charge in [-0.15, -0.1) is 0 Å². The van der Waals surface area contributed by atoms with E-state index in [0.717, 1.165) is 17.3 Å². The van der Waals surface area contributed by atoms with E-state index in [-0.39, 0.29) is 6.03 Å². The Labute approximate surface area is 125 Å². The van der Waals surface area contributed by atoms with Crippen molar-refractivity contribution in [1.29, 1.82) is 0 Å². The Bertz CT molecular complexity index is 517. The Kier molecular flexibility index (Phi) is 3.98. The zero-order chi connectivity index (χ0) is 13.9. The predicted octanol–water partition coefficient (Wildman–Crippen LogP) is 2.78. The first-order valence-electron chi connectivity index (χ1n) is 6.54. The van der Waals surface area contributed by atoms with Crippen molar-refractivity contribution in [2.75, 3.05) is 31.7 Å². The molecule has 7 heteroatoms. The fourth-order valence-electron chi connectivity index (χ4n) is 2.09. The molecule has 0 radical (unpaired) electrons. The summed E-state index contributed by atoms with van der Waals surface area (Å²) in [6.07, 6.45) is 1.94. The summed E-state index contributed by atoms with van der Waals surface area (Å²) in [6.45, 7) is 2.23. The van der Waals surface area contributed by atoms with Crippen molar-refractivity contribution in [2.45, 2.75) is 12.8 Å². The summed E-state index contributed by atoms with van der Waals surface area (Å²) in [4.78, 5) is 17.4. The molecule has 3 rings (SSSR count). The van der Waals surface area contributed by atoms with Gasteiger partial charge >= 0.3 is 6.03 Å². The van der Waals surface area contributed by atoms with Gasteiger partial charge in [-0.2, -0.15) is 0 Å². The molecular formula is C13H15BrN2O4. The lowest BCUT2D eigenvalue weighted by Gasteiger charge is -2.26. The molecule has 2 aliphatic rings. The lowest BCUT2D eigenvalue weighted by Crippen LogP contribution is -2.38. The number of benzene rings is 1. The van der Waals surface area contributed by atoms with Gasteiger partial charge < -0.3 is 14.8 Å². The first-order valence-corrected chi connectivity index (χ1v) is 7.34. The number of amides is 2. The zero-order valence-electron chi connectivity index (χ0n) is 10.9. The number of carbonyl (C=O) groups excluding carboxylic acids is 1. The molecule has 0 atom stereocenters. The first-order chi connectivity index (χ1) is 9.74. The number of fused-ring (bicyclic) bond motifs is 1. The van der Waals surface area contributed by atoms with Crippen molar-refractivity contribution in [1.82, 2.24) is 5.06 Å². The second kappa shape index (κ2) is 5.88. The summed E-state index contributed by atoms with van der Waals surface area (Å²) in [5.41, 5.74) is 0.633. The van der Waals surface area contributed by atoms with E-state index in [4.69, 9.17) is 14.3 Å². The molecule has 108 valence electrons. The van der Waals surface area contributed by atoms with E-state index in [1.54, 1.807) is 12.1 Å². The number of ether oxygens (including phenoxy) is 2. The number of hydrogen-bond donors (Lipinski definition) is 1. The molecule has 0 spiro atoms. The Morgan fingerprint density at radius 3 is 2.60 bits per heavy atom. The van der Waals surface area contributed by atoms with E-state index in [1.165, 1.54) is 5.06 Å². The highest BCUT2D eigenvalue weighted by atomic mass is 79.9. The largest absolute Gasteiger partial charge is 0.486 e. The van der Waals surface area contributed by atoms with Crippen molar-refractivity contribution < 1.29 is 19.1 Å². The van der Waals surface area contributed by atoms with Crippen LogP contribution in [0.3, 0.4) is 0 Å². The van der Waals surface area contributed by atoms with Crippen LogP contribution in [-0.4, -0.2) is 37.5 Å². The molecule has 1 saturated heterocycles. The van der Waals surface area contributed by atoms with Crippen LogP contribution in [0.2, 0.25) is 0 Å². The maximum Gasteiger partial charge on any atom is 0.345 e. The van der Waals surface area contributed by atoms with E-state index in [1.807, 2.05) is 0 Å². The van der Waals surface area contributed by atoms with Gasteiger partial charge in [-0.3, -0.25) is 4.84 Å². The number of nitrogens with zero attached hydrogens (tertiary/aromatic N) is 1. The second-order valence-electron chi connectivity index (χ2n) is 4.55. The van der Waals surface area contributed by atoms with Gasteiger partial charge in [0.15, 0.2) is 11.5 Å². The second-order valence-corrected chi connectivity index (χ2v) is 5.40. The Morgan fingerprint density at radius 1 is 1.15 bits per heavy atom. The van der Waals surface area contributed by atoms with Gasteiger partial charge in [-0.25, -0.2) is 9.86 Å². The highest BCUT2D eigenvalue weighted by Crippen LogP contribution is 2.38. The highest BCUT2D eigenvalue weighted by Gasteiger charge is 2.20. The Hall–Kier alpha value is -1.47. The predicted molar refractivity (Wildman–Crippen MR) is 76.0 cm³/mol. The number of hydroxylamine groups is 2. The van der Waals surface area contributed by atoms with Crippen LogP contribution in [0.4, 0.5) is 10.5 Å². The van der Waals surface area contributed by atoms with Crippen LogP contribution in [0.5, 0.6) is 11.5 Å². The van der Waals surface area contributed by atoms with Crippen LogP contribution in [0.1, 0.15) is 12.8 Å². The fraction of sp³-hybridized carbons (Fsp3) is 0.462. The first kappa shape index (κ1) is 13.5. The number of halogens is 1. The molecule has 1 aromatic rings. The summed E-state index contributed by atoms with van der Waals surface area (Å²) in [6, 6.07) is 3.27. The van der Waals surface area contributed by atoms with E-state index in [9.17, 15) is 4.79 Å². The highest BCUT2D eigenvalue weighted by molar-refractivity contribution is 9.10. The van der Waals surface area contributed by atoms with Crippen LogP contribution >= 0.6 is 15.9 Å².